The average molecular weight is 305 g/mol. The van der Waals surface area contributed by atoms with E-state index in [9.17, 15) is 4.79 Å². The molecule has 112 valence electrons. The van der Waals surface area contributed by atoms with Gasteiger partial charge in [0.15, 0.2) is 4.77 Å². The summed E-state index contributed by atoms with van der Waals surface area (Å²) in [6.07, 6.45) is 4.22. The number of hydrogen-bond acceptors (Lipinski definition) is 3. The minimum absolute atomic E-state index is 0.0355. The quantitative estimate of drug-likeness (QED) is 0.824. The van der Waals surface area contributed by atoms with Crippen molar-refractivity contribution in [2.75, 3.05) is 19.6 Å². The average Bonchev–Trinajstić information content (AvgIpc) is 2.49. The van der Waals surface area contributed by atoms with Gasteiger partial charge in [0, 0.05) is 6.20 Å². The standard InChI is InChI=1S/C15H20N4OS/c1-11-4-7-18(8-5-11)9-10-19-14(20)12-3-2-6-16-13(12)17-15(19)21/h2-3,6,11H,4-5,7-10H2,1H3,(H,16,17,21)/p+1. The second-order valence-corrected chi connectivity index (χ2v) is 6.36. The van der Waals surface area contributed by atoms with Gasteiger partial charge < -0.3 is 9.88 Å². The highest BCUT2D eigenvalue weighted by atomic mass is 32.1. The normalized spacial score (nSPS) is 22.5. The van der Waals surface area contributed by atoms with Crippen LogP contribution >= 0.6 is 12.2 Å². The monoisotopic (exact) mass is 305 g/mol. The highest BCUT2D eigenvalue weighted by Gasteiger charge is 2.19. The van der Waals surface area contributed by atoms with Crippen LogP contribution < -0.4 is 10.5 Å². The number of fused-ring (bicyclic) bond motifs is 1. The van der Waals surface area contributed by atoms with Crippen LogP contribution in [0, 0.1) is 10.7 Å². The van der Waals surface area contributed by atoms with Crippen LogP contribution in [0.25, 0.3) is 11.0 Å². The number of rotatable bonds is 3. The molecule has 2 aromatic rings. The maximum Gasteiger partial charge on any atom is 0.264 e. The zero-order chi connectivity index (χ0) is 14.8. The number of aromatic nitrogens is 3. The van der Waals surface area contributed by atoms with Crippen molar-refractivity contribution in [1.29, 1.82) is 0 Å². The van der Waals surface area contributed by atoms with Gasteiger partial charge >= 0.3 is 0 Å². The molecular weight excluding hydrogens is 284 g/mol. The van der Waals surface area contributed by atoms with Crippen molar-refractivity contribution in [3.05, 3.63) is 33.5 Å². The molecule has 21 heavy (non-hydrogen) atoms. The number of hydrogen-bond donors (Lipinski definition) is 2. The lowest BCUT2D eigenvalue weighted by Gasteiger charge is -2.27. The summed E-state index contributed by atoms with van der Waals surface area (Å²) in [5, 5.41) is 0.605. The molecule has 0 spiro atoms. The Morgan fingerprint density at radius 2 is 2.24 bits per heavy atom. The molecule has 5 nitrogen and oxygen atoms in total. The molecule has 0 radical (unpaired) electrons. The molecular formula is C15H21N4OS+. The molecule has 0 amide bonds. The number of nitrogens with zero attached hydrogens (tertiary/aromatic N) is 2. The fourth-order valence-corrected chi connectivity index (χ4v) is 3.25. The summed E-state index contributed by atoms with van der Waals surface area (Å²) in [6, 6.07) is 3.57. The first-order valence-electron chi connectivity index (χ1n) is 7.56. The molecule has 0 aliphatic carbocycles. The maximum absolute atomic E-state index is 12.5. The van der Waals surface area contributed by atoms with Crippen LogP contribution in [-0.4, -0.2) is 34.2 Å². The number of quaternary nitrogens is 1. The van der Waals surface area contributed by atoms with Crippen molar-refractivity contribution in [2.45, 2.75) is 26.3 Å². The van der Waals surface area contributed by atoms with Gasteiger partial charge in [0.05, 0.1) is 31.6 Å². The van der Waals surface area contributed by atoms with E-state index < -0.39 is 0 Å². The lowest BCUT2D eigenvalue weighted by atomic mass is 9.99. The predicted molar refractivity (Wildman–Crippen MR) is 85.1 cm³/mol. The minimum atomic E-state index is -0.0355. The van der Waals surface area contributed by atoms with E-state index in [1.807, 2.05) is 0 Å². The van der Waals surface area contributed by atoms with E-state index in [1.54, 1.807) is 27.8 Å². The molecule has 0 unspecified atom stereocenters. The Morgan fingerprint density at radius 3 is 3.00 bits per heavy atom. The molecule has 3 heterocycles. The molecule has 2 N–H and O–H groups in total. The van der Waals surface area contributed by atoms with E-state index in [2.05, 4.69) is 16.9 Å². The minimum Gasteiger partial charge on any atom is -0.333 e. The summed E-state index contributed by atoms with van der Waals surface area (Å²) in [5.41, 5.74) is 0.537. The lowest BCUT2D eigenvalue weighted by molar-refractivity contribution is -0.906. The van der Waals surface area contributed by atoms with Crippen molar-refractivity contribution >= 4 is 23.3 Å². The zero-order valence-corrected chi connectivity index (χ0v) is 13.1. The molecule has 1 aliphatic heterocycles. The topological polar surface area (TPSA) is 55.1 Å². The summed E-state index contributed by atoms with van der Waals surface area (Å²) >= 11 is 5.31. The van der Waals surface area contributed by atoms with Crippen LogP contribution in [0.5, 0.6) is 0 Å². The van der Waals surface area contributed by atoms with Gasteiger partial charge in [0.2, 0.25) is 0 Å². The molecule has 0 aromatic carbocycles. The van der Waals surface area contributed by atoms with Gasteiger partial charge in [0.25, 0.3) is 5.56 Å². The van der Waals surface area contributed by atoms with Crippen LogP contribution in [-0.2, 0) is 6.54 Å². The molecule has 1 saturated heterocycles. The van der Waals surface area contributed by atoms with E-state index in [0.29, 0.717) is 22.3 Å². The summed E-state index contributed by atoms with van der Waals surface area (Å²) in [6.45, 7) is 6.33. The van der Waals surface area contributed by atoms with E-state index in [1.165, 1.54) is 25.9 Å². The number of piperidine rings is 1. The molecule has 1 aliphatic rings. The lowest BCUT2D eigenvalue weighted by Crippen LogP contribution is -3.13. The Labute approximate surface area is 128 Å². The van der Waals surface area contributed by atoms with Gasteiger partial charge in [-0.2, -0.15) is 0 Å². The van der Waals surface area contributed by atoms with Gasteiger partial charge in [-0.25, -0.2) is 4.98 Å². The number of H-pyrrole nitrogens is 1. The molecule has 3 rings (SSSR count). The second kappa shape index (κ2) is 6.07. The van der Waals surface area contributed by atoms with Gasteiger partial charge in [-0.15, -0.1) is 0 Å². The fraction of sp³-hybridized carbons (Fsp3) is 0.533. The summed E-state index contributed by atoms with van der Waals surface area (Å²) in [4.78, 5) is 21.3. The van der Waals surface area contributed by atoms with Crippen molar-refractivity contribution in [3.63, 3.8) is 0 Å². The van der Waals surface area contributed by atoms with E-state index in [-0.39, 0.29) is 5.56 Å². The van der Waals surface area contributed by atoms with Gasteiger partial charge in [0.1, 0.15) is 5.65 Å². The molecule has 0 atom stereocenters. The highest BCUT2D eigenvalue weighted by Crippen LogP contribution is 2.06. The number of nitrogens with one attached hydrogen (secondary N) is 2. The molecule has 0 bridgehead atoms. The van der Waals surface area contributed by atoms with Gasteiger partial charge in [-0.1, -0.05) is 6.92 Å². The first-order chi connectivity index (χ1) is 10.1. The van der Waals surface area contributed by atoms with Crippen LogP contribution in [0.4, 0.5) is 0 Å². The third kappa shape index (κ3) is 3.06. The Morgan fingerprint density at radius 1 is 1.48 bits per heavy atom. The molecule has 6 heteroatoms. The molecule has 1 fully saturated rings. The Hall–Kier alpha value is -1.53. The van der Waals surface area contributed by atoms with E-state index in [4.69, 9.17) is 12.2 Å². The molecule has 0 saturated carbocycles. The number of pyridine rings is 1. The molecule has 2 aromatic heterocycles. The van der Waals surface area contributed by atoms with Crippen LogP contribution in [0.3, 0.4) is 0 Å². The highest BCUT2D eigenvalue weighted by molar-refractivity contribution is 7.71. The first kappa shape index (κ1) is 14.4. The Bertz CT molecular complexity index is 743. The van der Waals surface area contributed by atoms with E-state index >= 15 is 0 Å². The van der Waals surface area contributed by atoms with Crippen LogP contribution in [0.15, 0.2) is 23.1 Å². The third-order valence-electron chi connectivity index (χ3n) is 4.42. The summed E-state index contributed by atoms with van der Waals surface area (Å²) in [7, 11) is 0. The number of likely N-dealkylation sites (tertiary alicyclic amines) is 1. The van der Waals surface area contributed by atoms with Crippen LogP contribution in [0.1, 0.15) is 19.8 Å². The predicted octanol–water partition coefficient (Wildman–Crippen LogP) is 0.769. The SMILES string of the molecule is CC1CC[NH+](CCn2c(=S)[nH]c3ncccc3c2=O)CC1. The van der Waals surface area contributed by atoms with E-state index in [0.717, 1.165) is 12.5 Å². The Kier molecular flexibility index (Phi) is 4.17. The van der Waals surface area contributed by atoms with Crippen molar-refractivity contribution in [2.24, 2.45) is 5.92 Å². The van der Waals surface area contributed by atoms with Crippen LogP contribution in [0.2, 0.25) is 0 Å². The van der Waals surface area contributed by atoms with Crippen molar-refractivity contribution < 1.29 is 4.90 Å². The second-order valence-electron chi connectivity index (χ2n) is 5.97. The largest absolute Gasteiger partial charge is 0.333 e. The Balaban J connectivity index is 1.81. The van der Waals surface area contributed by atoms with Crippen molar-refractivity contribution in [1.82, 2.24) is 14.5 Å². The van der Waals surface area contributed by atoms with Gasteiger partial charge in [-0.3, -0.25) is 9.36 Å². The third-order valence-corrected chi connectivity index (χ3v) is 4.75. The zero-order valence-electron chi connectivity index (χ0n) is 12.3. The number of aromatic amines is 1. The summed E-state index contributed by atoms with van der Waals surface area (Å²) in [5.74, 6) is 0.839. The summed E-state index contributed by atoms with van der Waals surface area (Å²) < 4.78 is 2.14. The fourth-order valence-electron chi connectivity index (χ4n) is 2.98. The maximum atomic E-state index is 12.5. The van der Waals surface area contributed by atoms with Crippen molar-refractivity contribution in [3.8, 4) is 0 Å². The first-order valence-corrected chi connectivity index (χ1v) is 7.97. The van der Waals surface area contributed by atoms with Gasteiger partial charge in [-0.05, 0) is 43.1 Å². The smallest absolute Gasteiger partial charge is 0.264 e.